The van der Waals surface area contributed by atoms with E-state index in [0.29, 0.717) is 0 Å². The summed E-state index contributed by atoms with van der Waals surface area (Å²) >= 11 is 6.10. The summed E-state index contributed by atoms with van der Waals surface area (Å²) in [7, 11) is 1.80. The van der Waals surface area contributed by atoms with E-state index in [-0.39, 0.29) is 29.4 Å². The van der Waals surface area contributed by atoms with Crippen molar-refractivity contribution in [2.24, 2.45) is 10.4 Å². The molecule has 0 bridgehead atoms. The van der Waals surface area contributed by atoms with Gasteiger partial charge in [-0.05, 0) is 56.2 Å². The van der Waals surface area contributed by atoms with Crippen molar-refractivity contribution in [1.82, 2.24) is 15.8 Å². The highest BCUT2D eigenvalue weighted by Crippen LogP contribution is 2.22. The maximum atomic E-state index is 6.10. The number of hydrogen-bond donors (Lipinski definition) is 2. The average molecular weight is 519 g/mol. The van der Waals surface area contributed by atoms with Crippen molar-refractivity contribution in [3.05, 3.63) is 51.9 Å². The van der Waals surface area contributed by atoms with Gasteiger partial charge in [-0.15, -0.1) is 24.0 Å². The van der Waals surface area contributed by atoms with E-state index in [9.17, 15) is 0 Å². The van der Waals surface area contributed by atoms with Crippen molar-refractivity contribution in [3.63, 3.8) is 0 Å². The molecule has 0 unspecified atom stereocenters. The topological polar surface area (TPSA) is 62.5 Å². The zero-order valence-electron chi connectivity index (χ0n) is 17.4. The summed E-state index contributed by atoms with van der Waals surface area (Å²) in [4.78, 5) is 4.32. The molecular formula is C21H32ClIN4O. The molecule has 2 aromatic rings. The normalized spacial score (nSPS) is 11.9. The van der Waals surface area contributed by atoms with E-state index in [1.807, 2.05) is 32.0 Å². The molecule has 0 amide bonds. The van der Waals surface area contributed by atoms with E-state index < -0.39 is 0 Å². The molecule has 0 aliphatic carbocycles. The standard InChI is InChI=1S/C21H31ClN4O.HI/c1-15-19(16(2)27-26-15)10-7-11-24-20(23-5)25-14-21(3,4)13-17-8-6-9-18(22)12-17;/h6,8-9,12H,7,10-11,13-14H2,1-5H3,(H2,23,24,25);1H. The highest BCUT2D eigenvalue weighted by molar-refractivity contribution is 14.0. The molecule has 7 heteroatoms. The Hall–Kier alpha value is -1.28. The summed E-state index contributed by atoms with van der Waals surface area (Å²) in [6, 6.07) is 8.06. The molecule has 5 nitrogen and oxygen atoms in total. The fraction of sp³-hybridized carbons (Fsp3) is 0.524. The average Bonchev–Trinajstić information content (AvgIpc) is 2.92. The SMILES string of the molecule is CN=C(NCCCc1c(C)noc1C)NCC(C)(C)Cc1cccc(Cl)c1.I. The van der Waals surface area contributed by atoms with Gasteiger partial charge in [0.1, 0.15) is 5.76 Å². The van der Waals surface area contributed by atoms with E-state index in [1.54, 1.807) is 7.05 Å². The third kappa shape index (κ3) is 7.99. The molecule has 0 fully saturated rings. The van der Waals surface area contributed by atoms with Gasteiger partial charge in [0.05, 0.1) is 5.69 Å². The van der Waals surface area contributed by atoms with Crippen LogP contribution in [0.15, 0.2) is 33.8 Å². The lowest BCUT2D eigenvalue weighted by Crippen LogP contribution is -2.43. The number of benzene rings is 1. The first-order chi connectivity index (χ1) is 12.8. The van der Waals surface area contributed by atoms with E-state index in [1.165, 1.54) is 11.1 Å². The van der Waals surface area contributed by atoms with E-state index in [0.717, 1.165) is 54.8 Å². The second-order valence-corrected chi connectivity index (χ2v) is 8.17. The fourth-order valence-electron chi connectivity index (χ4n) is 3.14. The molecule has 0 radical (unpaired) electrons. The van der Waals surface area contributed by atoms with Gasteiger partial charge in [0.15, 0.2) is 5.96 Å². The zero-order chi connectivity index (χ0) is 19.9. The Morgan fingerprint density at radius 3 is 2.61 bits per heavy atom. The number of guanidine groups is 1. The van der Waals surface area contributed by atoms with Crippen LogP contribution in [0.25, 0.3) is 0 Å². The number of aromatic nitrogens is 1. The van der Waals surface area contributed by atoms with Crippen LogP contribution in [0.5, 0.6) is 0 Å². The largest absolute Gasteiger partial charge is 0.361 e. The number of rotatable bonds is 8. The molecule has 156 valence electrons. The minimum atomic E-state index is 0. The number of nitrogens with one attached hydrogen (secondary N) is 2. The number of aryl methyl sites for hydroxylation is 2. The first-order valence-corrected chi connectivity index (χ1v) is 9.79. The van der Waals surface area contributed by atoms with Crippen LogP contribution >= 0.6 is 35.6 Å². The Balaban J connectivity index is 0.00000392. The van der Waals surface area contributed by atoms with Crippen LogP contribution in [0.4, 0.5) is 0 Å². The number of nitrogens with zero attached hydrogens (tertiary/aromatic N) is 2. The third-order valence-corrected chi connectivity index (χ3v) is 4.84. The lowest BCUT2D eigenvalue weighted by molar-refractivity contribution is 0.359. The molecule has 1 aromatic heterocycles. The summed E-state index contributed by atoms with van der Waals surface area (Å²) in [5.41, 5.74) is 3.52. The smallest absolute Gasteiger partial charge is 0.190 e. The minimum absolute atomic E-state index is 0. The van der Waals surface area contributed by atoms with Gasteiger partial charge in [-0.3, -0.25) is 4.99 Å². The van der Waals surface area contributed by atoms with Crippen LogP contribution in [0.3, 0.4) is 0 Å². The second-order valence-electron chi connectivity index (χ2n) is 7.73. The van der Waals surface area contributed by atoms with Gasteiger partial charge < -0.3 is 15.2 Å². The lowest BCUT2D eigenvalue weighted by Gasteiger charge is -2.26. The maximum absolute atomic E-state index is 6.10. The predicted molar refractivity (Wildman–Crippen MR) is 128 cm³/mol. The van der Waals surface area contributed by atoms with Crippen molar-refractivity contribution >= 4 is 41.5 Å². The molecule has 1 heterocycles. The van der Waals surface area contributed by atoms with Crippen molar-refractivity contribution in [1.29, 1.82) is 0 Å². The summed E-state index contributed by atoms with van der Waals surface area (Å²) in [6.07, 6.45) is 2.89. The van der Waals surface area contributed by atoms with Crippen LogP contribution in [0.2, 0.25) is 5.02 Å². The summed E-state index contributed by atoms with van der Waals surface area (Å²) < 4.78 is 5.21. The molecule has 2 rings (SSSR count). The van der Waals surface area contributed by atoms with Crippen LogP contribution < -0.4 is 10.6 Å². The molecule has 0 aliphatic heterocycles. The summed E-state index contributed by atoms with van der Waals surface area (Å²) in [5, 5.41) is 11.6. The molecule has 0 saturated carbocycles. The molecule has 0 spiro atoms. The van der Waals surface area contributed by atoms with Crippen LogP contribution in [-0.2, 0) is 12.8 Å². The Labute approximate surface area is 190 Å². The van der Waals surface area contributed by atoms with Crippen molar-refractivity contribution in [2.75, 3.05) is 20.1 Å². The maximum Gasteiger partial charge on any atom is 0.190 e. The van der Waals surface area contributed by atoms with Crippen LogP contribution in [0.1, 0.15) is 42.8 Å². The van der Waals surface area contributed by atoms with E-state index in [4.69, 9.17) is 16.1 Å². The van der Waals surface area contributed by atoms with Crippen molar-refractivity contribution in [2.45, 2.75) is 47.0 Å². The van der Waals surface area contributed by atoms with Gasteiger partial charge in [0.25, 0.3) is 0 Å². The summed E-state index contributed by atoms with van der Waals surface area (Å²) in [5.74, 6) is 1.74. The first kappa shape index (κ1) is 24.8. The van der Waals surface area contributed by atoms with Crippen molar-refractivity contribution in [3.8, 4) is 0 Å². The lowest BCUT2D eigenvalue weighted by atomic mass is 9.86. The van der Waals surface area contributed by atoms with Crippen LogP contribution in [-0.4, -0.2) is 31.3 Å². The van der Waals surface area contributed by atoms with Gasteiger partial charge in [0.2, 0.25) is 0 Å². The van der Waals surface area contributed by atoms with Gasteiger partial charge in [-0.25, -0.2) is 0 Å². The minimum Gasteiger partial charge on any atom is -0.361 e. The van der Waals surface area contributed by atoms with Gasteiger partial charge >= 0.3 is 0 Å². The Morgan fingerprint density at radius 2 is 2.00 bits per heavy atom. The molecule has 28 heavy (non-hydrogen) atoms. The molecule has 1 aromatic carbocycles. The molecule has 0 aliphatic rings. The fourth-order valence-corrected chi connectivity index (χ4v) is 3.35. The first-order valence-electron chi connectivity index (χ1n) is 9.41. The quantitative estimate of drug-likeness (QED) is 0.225. The zero-order valence-corrected chi connectivity index (χ0v) is 20.5. The number of halogens is 2. The number of hydrogen-bond acceptors (Lipinski definition) is 3. The van der Waals surface area contributed by atoms with E-state index >= 15 is 0 Å². The molecule has 2 N–H and O–H groups in total. The van der Waals surface area contributed by atoms with Crippen LogP contribution in [0, 0.1) is 19.3 Å². The van der Waals surface area contributed by atoms with Gasteiger partial charge in [-0.1, -0.05) is 42.7 Å². The van der Waals surface area contributed by atoms with Gasteiger partial charge in [0, 0.05) is 30.7 Å². The highest BCUT2D eigenvalue weighted by Gasteiger charge is 2.19. The Morgan fingerprint density at radius 1 is 1.25 bits per heavy atom. The second kappa shape index (κ2) is 11.7. The number of aliphatic imine (C=N–C) groups is 1. The Bertz CT molecular complexity index is 754. The van der Waals surface area contributed by atoms with Crippen molar-refractivity contribution < 1.29 is 4.52 Å². The van der Waals surface area contributed by atoms with E-state index in [2.05, 4.69) is 40.7 Å². The summed E-state index contributed by atoms with van der Waals surface area (Å²) in [6.45, 7) is 10.1. The molecule has 0 atom stereocenters. The monoisotopic (exact) mass is 518 g/mol. The molecule has 0 saturated heterocycles. The predicted octanol–water partition coefficient (Wildman–Crippen LogP) is 4.93. The molecular weight excluding hydrogens is 487 g/mol. The third-order valence-electron chi connectivity index (χ3n) is 4.61. The van der Waals surface area contributed by atoms with Gasteiger partial charge in [-0.2, -0.15) is 0 Å². The Kier molecular flexibility index (Phi) is 10.3. The highest BCUT2D eigenvalue weighted by atomic mass is 127.